The van der Waals surface area contributed by atoms with Crippen LogP contribution in [0.3, 0.4) is 0 Å². The van der Waals surface area contributed by atoms with E-state index in [0.717, 1.165) is 11.8 Å². The first kappa shape index (κ1) is 15.0. The van der Waals surface area contributed by atoms with E-state index in [1.165, 1.54) is 64.8 Å². The lowest BCUT2D eigenvalue weighted by molar-refractivity contribution is 0.226. The molecule has 1 atom stereocenters. The van der Waals surface area contributed by atoms with Crippen molar-refractivity contribution in [1.82, 2.24) is 10.2 Å². The van der Waals surface area contributed by atoms with Gasteiger partial charge < -0.3 is 10.2 Å². The van der Waals surface area contributed by atoms with Crippen molar-refractivity contribution in [3.05, 3.63) is 0 Å². The molecule has 0 amide bonds. The molecule has 0 saturated carbocycles. The van der Waals surface area contributed by atoms with Crippen LogP contribution in [0.5, 0.6) is 0 Å². The van der Waals surface area contributed by atoms with Crippen LogP contribution in [0, 0.1) is 11.8 Å². The second kappa shape index (κ2) is 8.93. The molecular formula is C15H32N2. The maximum absolute atomic E-state index is 3.46. The standard InChI is InChI=1S/C15H32N2/c1-4-14(5-2)13-17(6-3)11-7-8-15-9-10-16-12-15/h14-16H,4-13H2,1-3H3. The van der Waals surface area contributed by atoms with Crippen LogP contribution in [0.25, 0.3) is 0 Å². The number of nitrogens with one attached hydrogen (secondary N) is 1. The van der Waals surface area contributed by atoms with Gasteiger partial charge in [-0.25, -0.2) is 0 Å². The summed E-state index contributed by atoms with van der Waals surface area (Å²) in [7, 11) is 0. The Balaban J connectivity index is 2.12. The highest BCUT2D eigenvalue weighted by atomic mass is 15.1. The summed E-state index contributed by atoms with van der Waals surface area (Å²) in [5, 5.41) is 3.46. The molecule has 0 aromatic rings. The SMILES string of the molecule is CCC(CC)CN(CC)CCCC1CCNC1. The fraction of sp³-hybridized carbons (Fsp3) is 1.00. The van der Waals surface area contributed by atoms with Gasteiger partial charge in [0.25, 0.3) is 0 Å². The van der Waals surface area contributed by atoms with Crippen LogP contribution in [0.2, 0.25) is 0 Å². The Morgan fingerprint density at radius 1 is 1.24 bits per heavy atom. The first-order chi connectivity index (χ1) is 8.30. The molecule has 1 heterocycles. The molecule has 0 aromatic heterocycles. The summed E-state index contributed by atoms with van der Waals surface area (Å²) in [6.07, 6.45) is 6.88. The quantitative estimate of drug-likeness (QED) is 0.666. The maximum atomic E-state index is 3.46. The van der Waals surface area contributed by atoms with Gasteiger partial charge in [-0.3, -0.25) is 0 Å². The topological polar surface area (TPSA) is 15.3 Å². The van der Waals surface area contributed by atoms with Gasteiger partial charge in [-0.05, 0) is 57.3 Å². The van der Waals surface area contributed by atoms with E-state index in [4.69, 9.17) is 0 Å². The summed E-state index contributed by atoms with van der Waals surface area (Å²) in [6, 6.07) is 0. The van der Waals surface area contributed by atoms with Crippen molar-refractivity contribution >= 4 is 0 Å². The lowest BCUT2D eigenvalue weighted by Crippen LogP contribution is -2.30. The zero-order chi connectivity index (χ0) is 12.5. The van der Waals surface area contributed by atoms with Gasteiger partial charge in [-0.2, -0.15) is 0 Å². The highest BCUT2D eigenvalue weighted by Crippen LogP contribution is 2.15. The molecule has 0 bridgehead atoms. The van der Waals surface area contributed by atoms with E-state index in [-0.39, 0.29) is 0 Å². The van der Waals surface area contributed by atoms with Crippen LogP contribution >= 0.6 is 0 Å². The third-order valence-electron chi connectivity index (χ3n) is 4.37. The lowest BCUT2D eigenvalue weighted by Gasteiger charge is -2.25. The van der Waals surface area contributed by atoms with Crippen molar-refractivity contribution in [2.75, 3.05) is 32.7 Å². The van der Waals surface area contributed by atoms with Crippen molar-refractivity contribution in [2.45, 2.75) is 52.9 Å². The smallest absolute Gasteiger partial charge is 0.000934 e. The third kappa shape index (κ3) is 5.87. The highest BCUT2D eigenvalue weighted by molar-refractivity contribution is 4.72. The summed E-state index contributed by atoms with van der Waals surface area (Å²) in [6.45, 7) is 13.3. The Morgan fingerprint density at radius 3 is 2.53 bits per heavy atom. The Bertz CT molecular complexity index is 172. The molecule has 2 heteroatoms. The normalized spacial score (nSPS) is 20.6. The molecule has 1 aliphatic rings. The highest BCUT2D eigenvalue weighted by Gasteiger charge is 2.15. The van der Waals surface area contributed by atoms with E-state index in [2.05, 4.69) is 31.0 Å². The van der Waals surface area contributed by atoms with Crippen LogP contribution in [-0.2, 0) is 0 Å². The second-order valence-corrected chi connectivity index (χ2v) is 5.58. The predicted octanol–water partition coefficient (Wildman–Crippen LogP) is 3.13. The van der Waals surface area contributed by atoms with Gasteiger partial charge in [0.05, 0.1) is 0 Å². The molecule has 2 nitrogen and oxygen atoms in total. The molecule has 17 heavy (non-hydrogen) atoms. The molecule has 1 unspecified atom stereocenters. The maximum Gasteiger partial charge on any atom is 0.000934 e. The molecule has 102 valence electrons. The van der Waals surface area contributed by atoms with Gasteiger partial charge >= 0.3 is 0 Å². The molecule has 0 aromatic carbocycles. The van der Waals surface area contributed by atoms with Crippen molar-refractivity contribution in [3.63, 3.8) is 0 Å². The van der Waals surface area contributed by atoms with Crippen LogP contribution in [-0.4, -0.2) is 37.6 Å². The monoisotopic (exact) mass is 240 g/mol. The molecule has 1 aliphatic heterocycles. The first-order valence-electron chi connectivity index (χ1n) is 7.73. The Labute approximate surface area is 108 Å². The molecule has 1 fully saturated rings. The van der Waals surface area contributed by atoms with Gasteiger partial charge in [-0.1, -0.05) is 33.6 Å². The average molecular weight is 240 g/mol. The van der Waals surface area contributed by atoms with Crippen molar-refractivity contribution in [2.24, 2.45) is 11.8 Å². The van der Waals surface area contributed by atoms with E-state index in [0.29, 0.717) is 0 Å². The van der Waals surface area contributed by atoms with Gasteiger partial charge in [0, 0.05) is 6.54 Å². The van der Waals surface area contributed by atoms with Crippen LogP contribution < -0.4 is 5.32 Å². The minimum absolute atomic E-state index is 0.906. The summed E-state index contributed by atoms with van der Waals surface area (Å²) in [5.74, 6) is 1.87. The third-order valence-corrected chi connectivity index (χ3v) is 4.37. The fourth-order valence-corrected chi connectivity index (χ4v) is 2.85. The summed E-state index contributed by atoms with van der Waals surface area (Å²) >= 11 is 0. The largest absolute Gasteiger partial charge is 0.316 e. The van der Waals surface area contributed by atoms with Crippen molar-refractivity contribution in [1.29, 1.82) is 0 Å². The molecule has 1 saturated heterocycles. The number of hydrogen-bond donors (Lipinski definition) is 1. The fourth-order valence-electron chi connectivity index (χ4n) is 2.85. The predicted molar refractivity (Wildman–Crippen MR) is 76.4 cm³/mol. The second-order valence-electron chi connectivity index (χ2n) is 5.58. The molecular weight excluding hydrogens is 208 g/mol. The van der Waals surface area contributed by atoms with Gasteiger partial charge in [0.1, 0.15) is 0 Å². The van der Waals surface area contributed by atoms with E-state index in [1.54, 1.807) is 0 Å². The van der Waals surface area contributed by atoms with E-state index in [9.17, 15) is 0 Å². The zero-order valence-electron chi connectivity index (χ0n) is 12.2. The minimum Gasteiger partial charge on any atom is -0.316 e. The van der Waals surface area contributed by atoms with Crippen molar-refractivity contribution < 1.29 is 0 Å². The van der Waals surface area contributed by atoms with Gasteiger partial charge in [-0.15, -0.1) is 0 Å². The minimum atomic E-state index is 0.906. The summed E-state index contributed by atoms with van der Waals surface area (Å²) < 4.78 is 0. The Hall–Kier alpha value is -0.0800. The number of hydrogen-bond acceptors (Lipinski definition) is 2. The molecule has 0 radical (unpaired) electrons. The number of rotatable bonds is 9. The van der Waals surface area contributed by atoms with Crippen LogP contribution in [0.15, 0.2) is 0 Å². The van der Waals surface area contributed by atoms with Crippen LogP contribution in [0.1, 0.15) is 52.9 Å². The summed E-state index contributed by atoms with van der Waals surface area (Å²) in [5.41, 5.74) is 0. The molecule has 1 rings (SSSR count). The first-order valence-corrected chi connectivity index (χ1v) is 7.73. The Kier molecular flexibility index (Phi) is 7.87. The van der Waals surface area contributed by atoms with Gasteiger partial charge in [0.15, 0.2) is 0 Å². The molecule has 0 spiro atoms. The van der Waals surface area contributed by atoms with Gasteiger partial charge in [0.2, 0.25) is 0 Å². The lowest BCUT2D eigenvalue weighted by atomic mass is 10.0. The Morgan fingerprint density at radius 2 is 2.00 bits per heavy atom. The van der Waals surface area contributed by atoms with Crippen LogP contribution in [0.4, 0.5) is 0 Å². The van der Waals surface area contributed by atoms with E-state index >= 15 is 0 Å². The van der Waals surface area contributed by atoms with Crippen molar-refractivity contribution in [3.8, 4) is 0 Å². The van der Waals surface area contributed by atoms with E-state index in [1.807, 2.05) is 0 Å². The molecule has 0 aliphatic carbocycles. The molecule has 1 N–H and O–H groups in total. The number of nitrogens with zero attached hydrogens (tertiary/aromatic N) is 1. The van der Waals surface area contributed by atoms with E-state index < -0.39 is 0 Å². The average Bonchev–Trinajstić information content (AvgIpc) is 2.86. The zero-order valence-corrected chi connectivity index (χ0v) is 12.2. The summed E-state index contributed by atoms with van der Waals surface area (Å²) in [4.78, 5) is 2.65.